The minimum Gasteiger partial charge on any atom is -0.369 e. The zero-order valence-electron chi connectivity index (χ0n) is 11.9. The lowest BCUT2D eigenvalue weighted by molar-refractivity contribution is 0.728. The quantitative estimate of drug-likeness (QED) is 0.934. The molecule has 0 radical (unpaired) electrons. The monoisotopic (exact) mass is 299 g/mol. The molecule has 1 heterocycles. The lowest BCUT2D eigenvalue weighted by atomic mass is 9.96. The van der Waals surface area contributed by atoms with Crippen molar-refractivity contribution in [2.24, 2.45) is 0 Å². The highest BCUT2D eigenvalue weighted by Gasteiger charge is 2.44. The van der Waals surface area contributed by atoms with Gasteiger partial charge < -0.3 is 5.32 Å². The van der Waals surface area contributed by atoms with Gasteiger partial charge in [0.1, 0.15) is 12.1 Å². The van der Waals surface area contributed by atoms with Crippen molar-refractivity contribution in [1.29, 1.82) is 0 Å². The van der Waals surface area contributed by atoms with E-state index in [4.69, 9.17) is 11.6 Å². The summed E-state index contributed by atoms with van der Waals surface area (Å²) in [5, 5.41) is 4.39. The minimum absolute atomic E-state index is 0.237. The second-order valence-electron chi connectivity index (χ2n) is 6.15. The van der Waals surface area contributed by atoms with Crippen LogP contribution in [0.15, 0.2) is 30.6 Å². The average Bonchev–Trinajstić information content (AvgIpc) is 3.14. The number of fused-ring (bicyclic) bond motifs is 1. The van der Waals surface area contributed by atoms with E-state index in [1.54, 1.807) is 6.33 Å². The Balaban J connectivity index is 1.54. The van der Waals surface area contributed by atoms with E-state index in [0.717, 1.165) is 30.2 Å². The summed E-state index contributed by atoms with van der Waals surface area (Å²) in [5.74, 6) is 1.03. The zero-order chi connectivity index (χ0) is 14.3. The van der Waals surface area contributed by atoms with Gasteiger partial charge in [0.15, 0.2) is 0 Å². The van der Waals surface area contributed by atoms with Crippen molar-refractivity contribution >= 4 is 17.4 Å². The molecule has 0 bridgehead atoms. The number of hydrogen-bond acceptors (Lipinski definition) is 3. The maximum Gasteiger partial charge on any atom is 0.132 e. The molecule has 0 unspecified atom stereocenters. The molecular formula is C17H18ClN3. The van der Waals surface area contributed by atoms with Crippen LogP contribution in [-0.4, -0.2) is 16.5 Å². The van der Waals surface area contributed by atoms with Gasteiger partial charge in [-0.3, -0.25) is 0 Å². The average molecular weight is 300 g/mol. The van der Waals surface area contributed by atoms with Crippen LogP contribution in [0.4, 0.5) is 5.82 Å². The fourth-order valence-corrected chi connectivity index (χ4v) is 3.49. The van der Waals surface area contributed by atoms with E-state index in [1.165, 1.54) is 36.1 Å². The molecule has 1 aromatic carbocycles. The van der Waals surface area contributed by atoms with Crippen LogP contribution < -0.4 is 5.32 Å². The molecule has 0 spiro atoms. The molecule has 3 nitrogen and oxygen atoms in total. The van der Waals surface area contributed by atoms with Crippen molar-refractivity contribution in [3.05, 3.63) is 52.4 Å². The number of rotatable bonds is 4. The predicted molar refractivity (Wildman–Crippen MR) is 84.9 cm³/mol. The fourth-order valence-electron chi connectivity index (χ4n) is 3.30. The number of benzene rings is 1. The minimum atomic E-state index is 0.237. The van der Waals surface area contributed by atoms with Gasteiger partial charge >= 0.3 is 0 Å². The summed E-state index contributed by atoms with van der Waals surface area (Å²) in [6.45, 7) is 0.927. The fraction of sp³-hybridized carbons (Fsp3) is 0.412. The van der Waals surface area contributed by atoms with Crippen LogP contribution in [0, 0.1) is 0 Å². The Labute approximate surface area is 129 Å². The lowest BCUT2D eigenvalue weighted by Crippen LogP contribution is -2.21. The first-order valence-corrected chi connectivity index (χ1v) is 7.97. The molecule has 0 atom stereocenters. The Bertz CT molecular complexity index is 679. The number of aromatic nitrogens is 2. The van der Waals surface area contributed by atoms with Crippen LogP contribution >= 0.6 is 11.6 Å². The number of anilines is 1. The van der Waals surface area contributed by atoms with E-state index in [0.29, 0.717) is 0 Å². The maximum atomic E-state index is 6.13. The molecule has 0 aliphatic heterocycles. The molecule has 108 valence electrons. The molecule has 2 aliphatic carbocycles. The van der Waals surface area contributed by atoms with E-state index in [-0.39, 0.29) is 5.41 Å². The number of nitrogens with zero attached hydrogens (tertiary/aromatic N) is 2. The Morgan fingerprint density at radius 1 is 1.19 bits per heavy atom. The van der Waals surface area contributed by atoms with Crippen molar-refractivity contribution in [1.82, 2.24) is 9.97 Å². The van der Waals surface area contributed by atoms with Gasteiger partial charge in [0.05, 0.1) is 0 Å². The summed E-state index contributed by atoms with van der Waals surface area (Å²) >= 11 is 6.13. The summed E-state index contributed by atoms with van der Waals surface area (Å²) in [6.07, 6.45) is 7.50. The number of halogens is 1. The molecule has 4 rings (SSSR count). The molecule has 1 fully saturated rings. The summed E-state index contributed by atoms with van der Waals surface area (Å²) in [5.41, 5.74) is 4.12. The largest absolute Gasteiger partial charge is 0.369 e. The van der Waals surface area contributed by atoms with E-state index < -0.39 is 0 Å². The van der Waals surface area contributed by atoms with Gasteiger partial charge in [-0.1, -0.05) is 23.7 Å². The van der Waals surface area contributed by atoms with Crippen molar-refractivity contribution in [3.63, 3.8) is 0 Å². The summed E-state index contributed by atoms with van der Waals surface area (Å²) in [4.78, 5) is 8.83. The Hall–Kier alpha value is -1.61. The van der Waals surface area contributed by atoms with Crippen molar-refractivity contribution in [2.75, 3.05) is 11.9 Å². The molecule has 1 aromatic heterocycles. The molecule has 21 heavy (non-hydrogen) atoms. The Kier molecular flexibility index (Phi) is 3.11. The third-order valence-corrected chi connectivity index (χ3v) is 4.99. The van der Waals surface area contributed by atoms with Crippen LogP contribution in [0.5, 0.6) is 0 Å². The van der Waals surface area contributed by atoms with Crippen LogP contribution in [-0.2, 0) is 18.3 Å². The molecule has 1 N–H and O–H groups in total. The second-order valence-corrected chi connectivity index (χ2v) is 6.58. The normalized spacial score (nSPS) is 18.3. The van der Waals surface area contributed by atoms with Crippen LogP contribution in [0.3, 0.4) is 0 Å². The molecule has 2 aromatic rings. The highest BCUT2D eigenvalue weighted by atomic mass is 35.5. The lowest BCUT2D eigenvalue weighted by Gasteiger charge is -2.18. The van der Waals surface area contributed by atoms with E-state index in [1.807, 2.05) is 12.1 Å². The second kappa shape index (κ2) is 4.99. The van der Waals surface area contributed by atoms with Crippen molar-refractivity contribution in [2.45, 2.75) is 37.5 Å². The van der Waals surface area contributed by atoms with Gasteiger partial charge in [-0.2, -0.15) is 0 Å². The molecular weight excluding hydrogens is 282 g/mol. The third-order valence-electron chi connectivity index (χ3n) is 4.76. The van der Waals surface area contributed by atoms with Crippen molar-refractivity contribution in [3.8, 4) is 0 Å². The van der Waals surface area contributed by atoms with Crippen LogP contribution in [0.2, 0.25) is 5.02 Å². The zero-order valence-corrected chi connectivity index (χ0v) is 12.7. The van der Waals surface area contributed by atoms with Crippen LogP contribution in [0.25, 0.3) is 0 Å². The molecule has 4 heteroatoms. The molecule has 0 amide bonds. The third kappa shape index (κ3) is 2.40. The molecule has 0 saturated heterocycles. The molecule has 1 saturated carbocycles. The summed E-state index contributed by atoms with van der Waals surface area (Å²) in [6, 6.07) is 8.26. The van der Waals surface area contributed by atoms with Gasteiger partial charge in [0, 0.05) is 28.2 Å². The number of hydrogen-bond donors (Lipinski definition) is 1. The van der Waals surface area contributed by atoms with E-state index >= 15 is 0 Å². The van der Waals surface area contributed by atoms with Gasteiger partial charge in [-0.05, 0) is 49.8 Å². The molecule has 2 aliphatic rings. The Morgan fingerprint density at radius 2 is 2.10 bits per heavy atom. The standard InChI is InChI=1S/C17H18ClN3/c18-13-4-1-3-12(9-13)17(7-8-17)10-19-16-14-5-2-6-15(14)20-11-21-16/h1,3-4,9,11H,2,5-8,10H2,(H,19,20,21). The summed E-state index contributed by atoms with van der Waals surface area (Å²) < 4.78 is 0. The smallest absolute Gasteiger partial charge is 0.132 e. The van der Waals surface area contributed by atoms with Crippen molar-refractivity contribution < 1.29 is 0 Å². The first-order chi connectivity index (χ1) is 10.3. The predicted octanol–water partition coefficient (Wildman–Crippen LogP) is 3.76. The van der Waals surface area contributed by atoms with E-state index in [2.05, 4.69) is 27.4 Å². The van der Waals surface area contributed by atoms with Gasteiger partial charge in [-0.25, -0.2) is 9.97 Å². The van der Waals surface area contributed by atoms with Crippen LogP contribution in [0.1, 0.15) is 36.1 Å². The SMILES string of the molecule is Clc1cccc(C2(CNc3ncnc4c3CCC4)CC2)c1. The first kappa shape index (κ1) is 13.1. The highest BCUT2D eigenvalue weighted by molar-refractivity contribution is 6.30. The Morgan fingerprint density at radius 3 is 2.90 bits per heavy atom. The van der Waals surface area contributed by atoms with E-state index in [9.17, 15) is 0 Å². The highest BCUT2D eigenvalue weighted by Crippen LogP contribution is 2.48. The summed E-state index contributed by atoms with van der Waals surface area (Å²) in [7, 11) is 0. The maximum absolute atomic E-state index is 6.13. The topological polar surface area (TPSA) is 37.8 Å². The number of aryl methyl sites for hydroxylation is 1. The van der Waals surface area contributed by atoms with Gasteiger partial charge in [0.2, 0.25) is 0 Å². The first-order valence-electron chi connectivity index (χ1n) is 7.60. The number of nitrogens with one attached hydrogen (secondary N) is 1. The van der Waals surface area contributed by atoms with Gasteiger partial charge in [0.25, 0.3) is 0 Å². The van der Waals surface area contributed by atoms with Gasteiger partial charge in [-0.15, -0.1) is 0 Å².